The zero-order chi connectivity index (χ0) is 16.3. The molecule has 0 spiro atoms. The van der Waals surface area contributed by atoms with Crippen LogP contribution in [0.25, 0.3) is 0 Å². The number of carbonyl (C=O) groups excluding carboxylic acids is 2. The highest BCUT2D eigenvalue weighted by Gasteiger charge is 2.19. The van der Waals surface area contributed by atoms with Crippen molar-refractivity contribution in [3.05, 3.63) is 64.7 Å². The molecular weight excluding hydrogens is 280 g/mol. The molecule has 0 heterocycles. The van der Waals surface area contributed by atoms with Gasteiger partial charge in [-0.2, -0.15) is 0 Å². The second-order valence-electron chi connectivity index (χ2n) is 5.29. The summed E-state index contributed by atoms with van der Waals surface area (Å²) in [5, 5.41) is 9.85. The number of esters is 1. The van der Waals surface area contributed by atoms with E-state index in [4.69, 9.17) is 4.74 Å². The summed E-state index contributed by atoms with van der Waals surface area (Å²) < 4.78 is 4.71. The molecule has 0 amide bonds. The van der Waals surface area contributed by atoms with E-state index in [0.717, 1.165) is 0 Å². The summed E-state index contributed by atoms with van der Waals surface area (Å²) in [6.45, 7) is 3.87. The third-order valence-corrected chi connectivity index (χ3v) is 3.49. The van der Waals surface area contributed by atoms with Gasteiger partial charge in [0, 0.05) is 11.1 Å². The van der Waals surface area contributed by atoms with Gasteiger partial charge in [0.1, 0.15) is 5.75 Å². The Morgan fingerprint density at radius 3 is 2.27 bits per heavy atom. The zero-order valence-electron chi connectivity index (χ0n) is 12.8. The van der Waals surface area contributed by atoms with Crippen molar-refractivity contribution >= 4 is 11.8 Å². The minimum Gasteiger partial charge on any atom is -0.508 e. The van der Waals surface area contributed by atoms with E-state index in [2.05, 4.69) is 0 Å². The van der Waals surface area contributed by atoms with Crippen molar-refractivity contribution < 1.29 is 19.4 Å². The lowest BCUT2D eigenvalue weighted by Crippen LogP contribution is -2.11. The van der Waals surface area contributed by atoms with E-state index in [0.29, 0.717) is 11.1 Å². The van der Waals surface area contributed by atoms with Gasteiger partial charge < -0.3 is 9.84 Å². The van der Waals surface area contributed by atoms with Gasteiger partial charge in [0.15, 0.2) is 5.78 Å². The molecule has 4 nitrogen and oxygen atoms in total. The summed E-state index contributed by atoms with van der Waals surface area (Å²) in [6, 6.07) is 11.2. The third kappa shape index (κ3) is 3.01. The van der Waals surface area contributed by atoms with E-state index in [-0.39, 0.29) is 28.6 Å². The number of rotatable bonds is 4. The van der Waals surface area contributed by atoms with Crippen LogP contribution in [0.3, 0.4) is 0 Å². The molecular formula is C18H18O4. The van der Waals surface area contributed by atoms with Gasteiger partial charge in [0.25, 0.3) is 0 Å². The molecule has 0 saturated heterocycles. The third-order valence-electron chi connectivity index (χ3n) is 3.49. The van der Waals surface area contributed by atoms with Crippen LogP contribution in [-0.4, -0.2) is 24.0 Å². The largest absolute Gasteiger partial charge is 0.508 e. The molecule has 0 bridgehead atoms. The van der Waals surface area contributed by atoms with E-state index in [9.17, 15) is 14.7 Å². The first-order chi connectivity index (χ1) is 10.5. The van der Waals surface area contributed by atoms with E-state index in [1.807, 2.05) is 13.8 Å². The first-order valence-electron chi connectivity index (χ1n) is 7.00. The molecule has 1 N–H and O–H groups in total. The van der Waals surface area contributed by atoms with E-state index < -0.39 is 5.97 Å². The molecule has 114 valence electrons. The number of phenols is 1. The number of benzene rings is 2. The molecule has 0 aliphatic heterocycles. The summed E-state index contributed by atoms with van der Waals surface area (Å²) in [5.74, 6) is -0.578. The highest BCUT2D eigenvalue weighted by atomic mass is 16.5. The van der Waals surface area contributed by atoms with Crippen LogP contribution in [0.5, 0.6) is 5.75 Å². The van der Waals surface area contributed by atoms with E-state index in [1.165, 1.54) is 13.2 Å². The number of hydrogen-bond acceptors (Lipinski definition) is 4. The quantitative estimate of drug-likeness (QED) is 0.692. The fraction of sp³-hybridized carbons (Fsp3) is 0.222. The molecule has 22 heavy (non-hydrogen) atoms. The molecule has 0 fully saturated rings. The first-order valence-corrected chi connectivity index (χ1v) is 7.00. The lowest BCUT2D eigenvalue weighted by atomic mass is 9.94. The average molecular weight is 298 g/mol. The Bertz CT molecular complexity index is 717. The van der Waals surface area contributed by atoms with E-state index in [1.54, 1.807) is 36.4 Å². The summed E-state index contributed by atoms with van der Waals surface area (Å²) in [5.41, 5.74) is 1.64. The number of hydrogen-bond donors (Lipinski definition) is 1. The van der Waals surface area contributed by atoms with Crippen molar-refractivity contribution in [3.63, 3.8) is 0 Å². The van der Waals surface area contributed by atoms with Crippen molar-refractivity contribution in [1.29, 1.82) is 0 Å². The van der Waals surface area contributed by atoms with Gasteiger partial charge in [-0.25, -0.2) is 4.79 Å². The minimum absolute atomic E-state index is 0.0867. The normalized spacial score (nSPS) is 10.5. The molecule has 0 aliphatic carbocycles. The fourth-order valence-corrected chi connectivity index (χ4v) is 2.28. The molecule has 2 aromatic rings. The Labute approximate surface area is 129 Å². The van der Waals surface area contributed by atoms with Gasteiger partial charge >= 0.3 is 5.97 Å². The maximum Gasteiger partial charge on any atom is 0.338 e. The van der Waals surface area contributed by atoms with E-state index >= 15 is 0 Å². The molecule has 0 saturated carbocycles. The lowest BCUT2D eigenvalue weighted by Gasteiger charge is -2.11. The number of ether oxygens (including phenoxy) is 1. The van der Waals surface area contributed by atoms with Crippen LogP contribution >= 0.6 is 0 Å². The van der Waals surface area contributed by atoms with Crippen molar-refractivity contribution in [2.24, 2.45) is 0 Å². The van der Waals surface area contributed by atoms with Gasteiger partial charge in [-0.05, 0) is 35.7 Å². The Balaban J connectivity index is 2.49. The van der Waals surface area contributed by atoms with Gasteiger partial charge in [0.05, 0.1) is 12.7 Å². The summed E-state index contributed by atoms with van der Waals surface area (Å²) in [6.07, 6.45) is 0. The minimum atomic E-state index is -0.549. The Morgan fingerprint density at radius 1 is 1.05 bits per heavy atom. The Hall–Kier alpha value is -2.62. The van der Waals surface area contributed by atoms with Crippen LogP contribution in [0.15, 0.2) is 42.5 Å². The van der Waals surface area contributed by atoms with Crippen molar-refractivity contribution in [2.75, 3.05) is 7.11 Å². The molecule has 2 aromatic carbocycles. The van der Waals surface area contributed by atoms with Crippen LogP contribution in [0.1, 0.15) is 51.6 Å². The van der Waals surface area contributed by atoms with Crippen LogP contribution in [-0.2, 0) is 4.74 Å². The molecule has 0 unspecified atom stereocenters. The predicted molar refractivity (Wildman–Crippen MR) is 83.4 cm³/mol. The second-order valence-corrected chi connectivity index (χ2v) is 5.29. The zero-order valence-corrected chi connectivity index (χ0v) is 12.8. The SMILES string of the molecule is COC(=O)c1ccccc1C(=O)c1ccc(O)c(C(C)C)c1. The summed E-state index contributed by atoms with van der Waals surface area (Å²) in [7, 11) is 1.28. The van der Waals surface area contributed by atoms with Gasteiger partial charge in [-0.1, -0.05) is 32.0 Å². The number of methoxy groups -OCH3 is 1. The molecule has 0 aromatic heterocycles. The maximum absolute atomic E-state index is 12.7. The number of ketones is 1. The first kappa shape index (κ1) is 15.8. The van der Waals surface area contributed by atoms with Crippen molar-refractivity contribution in [2.45, 2.75) is 19.8 Å². The number of aromatic hydroxyl groups is 1. The second kappa shape index (κ2) is 6.43. The smallest absolute Gasteiger partial charge is 0.338 e. The Kier molecular flexibility index (Phi) is 4.61. The monoisotopic (exact) mass is 298 g/mol. The summed E-state index contributed by atoms with van der Waals surface area (Å²) in [4.78, 5) is 24.5. The lowest BCUT2D eigenvalue weighted by molar-refractivity contribution is 0.0597. The van der Waals surface area contributed by atoms with Crippen LogP contribution in [0.2, 0.25) is 0 Å². The number of carbonyl (C=O) groups is 2. The summed E-state index contributed by atoms with van der Waals surface area (Å²) >= 11 is 0. The van der Waals surface area contributed by atoms with Crippen molar-refractivity contribution in [1.82, 2.24) is 0 Å². The van der Waals surface area contributed by atoms with Crippen LogP contribution in [0, 0.1) is 0 Å². The van der Waals surface area contributed by atoms with Crippen LogP contribution < -0.4 is 0 Å². The highest BCUT2D eigenvalue weighted by molar-refractivity contribution is 6.14. The topological polar surface area (TPSA) is 63.6 Å². The molecule has 4 heteroatoms. The highest BCUT2D eigenvalue weighted by Crippen LogP contribution is 2.27. The molecule has 0 aliphatic rings. The molecule has 2 rings (SSSR count). The van der Waals surface area contributed by atoms with Gasteiger partial charge in [0.2, 0.25) is 0 Å². The average Bonchev–Trinajstić information content (AvgIpc) is 2.53. The van der Waals surface area contributed by atoms with Gasteiger partial charge in [-0.3, -0.25) is 4.79 Å². The molecule has 0 atom stereocenters. The standard InChI is InChI=1S/C18H18O4/c1-11(2)15-10-12(8-9-16(15)19)17(20)13-6-4-5-7-14(13)18(21)22-3/h4-11,19H,1-3H3. The maximum atomic E-state index is 12.7. The van der Waals surface area contributed by atoms with Crippen LogP contribution in [0.4, 0.5) is 0 Å². The predicted octanol–water partition coefficient (Wildman–Crippen LogP) is 3.53. The van der Waals surface area contributed by atoms with Gasteiger partial charge in [-0.15, -0.1) is 0 Å². The van der Waals surface area contributed by atoms with Crippen molar-refractivity contribution in [3.8, 4) is 5.75 Å². The molecule has 0 radical (unpaired) electrons. The fourth-order valence-electron chi connectivity index (χ4n) is 2.28. The Morgan fingerprint density at radius 2 is 1.68 bits per heavy atom. The number of phenolic OH excluding ortho intramolecular Hbond substituents is 1.